The van der Waals surface area contributed by atoms with Crippen molar-refractivity contribution < 1.29 is 13.2 Å². The van der Waals surface area contributed by atoms with E-state index in [4.69, 9.17) is 0 Å². The standard InChI is InChI=1S/C21H28N4O3S2/c1-24-19(13-16-7-3-2-4-8-16)22-23-21(24)29-14-20(26)25(17-9-5-6-10-17)18-11-12-30(27,28)15-18/h2-4,7-8,17-18H,5-6,9-15H2,1H3/t18-/m0/s1. The van der Waals surface area contributed by atoms with Gasteiger partial charge in [0.2, 0.25) is 5.91 Å². The van der Waals surface area contributed by atoms with E-state index in [0.717, 1.165) is 37.1 Å². The Balaban J connectivity index is 1.42. The molecule has 0 N–H and O–H groups in total. The lowest BCUT2D eigenvalue weighted by Gasteiger charge is -2.34. The summed E-state index contributed by atoms with van der Waals surface area (Å²) < 4.78 is 25.9. The van der Waals surface area contributed by atoms with Crippen molar-refractivity contribution in [2.45, 2.75) is 55.8 Å². The Bertz CT molecular complexity index is 985. The average Bonchev–Trinajstić information content (AvgIpc) is 3.44. The molecule has 0 bridgehead atoms. The van der Waals surface area contributed by atoms with E-state index < -0.39 is 9.84 Å². The quantitative estimate of drug-likeness (QED) is 0.605. The third-order valence-electron chi connectivity index (χ3n) is 6.06. The Labute approximate surface area is 182 Å². The first kappa shape index (κ1) is 21.4. The number of benzene rings is 1. The van der Waals surface area contributed by atoms with Crippen LogP contribution < -0.4 is 0 Å². The zero-order valence-electron chi connectivity index (χ0n) is 17.2. The molecule has 0 spiro atoms. The van der Waals surface area contributed by atoms with Crippen molar-refractivity contribution in [1.82, 2.24) is 19.7 Å². The fourth-order valence-corrected chi connectivity index (χ4v) is 7.00. The van der Waals surface area contributed by atoms with Crippen molar-refractivity contribution in [3.63, 3.8) is 0 Å². The predicted molar refractivity (Wildman–Crippen MR) is 117 cm³/mol. The van der Waals surface area contributed by atoms with Crippen LogP contribution in [0.1, 0.15) is 43.5 Å². The van der Waals surface area contributed by atoms with E-state index in [0.29, 0.717) is 18.0 Å². The second kappa shape index (κ2) is 9.09. The molecule has 1 amide bonds. The van der Waals surface area contributed by atoms with Crippen molar-refractivity contribution in [2.24, 2.45) is 7.05 Å². The first-order valence-corrected chi connectivity index (χ1v) is 13.3. The number of aromatic nitrogens is 3. The van der Waals surface area contributed by atoms with Gasteiger partial charge in [-0.3, -0.25) is 4.79 Å². The number of amides is 1. The van der Waals surface area contributed by atoms with Gasteiger partial charge in [0, 0.05) is 25.6 Å². The zero-order valence-corrected chi connectivity index (χ0v) is 18.9. The number of rotatable bonds is 7. The molecule has 2 aliphatic rings. The van der Waals surface area contributed by atoms with Gasteiger partial charge in [0.1, 0.15) is 5.82 Å². The van der Waals surface area contributed by atoms with Gasteiger partial charge in [-0.25, -0.2) is 8.42 Å². The molecule has 0 radical (unpaired) electrons. The van der Waals surface area contributed by atoms with Gasteiger partial charge >= 0.3 is 0 Å². The largest absolute Gasteiger partial charge is 0.335 e. The fraction of sp³-hybridized carbons (Fsp3) is 0.571. The summed E-state index contributed by atoms with van der Waals surface area (Å²) in [5, 5.41) is 9.27. The van der Waals surface area contributed by atoms with E-state index in [1.165, 1.54) is 11.8 Å². The minimum absolute atomic E-state index is 0.0154. The summed E-state index contributed by atoms with van der Waals surface area (Å²) in [6.07, 6.45) is 5.39. The summed E-state index contributed by atoms with van der Waals surface area (Å²) in [6.45, 7) is 0. The third kappa shape index (κ3) is 4.88. The van der Waals surface area contributed by atoms with Gasteiger partial charge in [0.15, 0.2) is 15.0 Å². The van der Waals surface area contributed by atoms with Gasteiger partial charge in [0.25, 0.3) is 0 Å². The van der Waals surface area contributed by atoms with Crippen LogP contribution in [0, 0.1) is 0 Å². The Kier molecular flexibility index (Phi) is 6.48. The first-order valence-electron chi connectivity index (χ1n) is 10.5. The second-order valence-corrected chi connectivity index (χ2v) is 11.4. The van der Waals surface area contributed by atoms with E-state index in [2.05, 4.69) is 22.3 Å². The zero-order chi connectivity index (χ0) is 21.1. The molecule has 1 aromatic heterocycles. The highest BCUT2D eigenvalue weighted by Crippen LogP contribution is 2.30. The van der Waals surface area contributed by atoms with Gasteiger partial charge < -0.3 is 9.47 Å². The summed E-state index contributed by atoms with van der Waals surface area (Å²) >= 11 is 1.38. The second-order valence-electron chi connectivity index (χ2n) is 8.21. The molecule has 1 aliphatic heterocycles. The van der Waals surface area contributed by atoms with Crippen LogP contribution in [-0.2, 0) is 28.1 Å². The molecule has 1 aliphatic carbocycles. The fourth-order valence-electron chi connectivity index (χ4n) is 4.49. The summed E-state index contributed by atoms with van der Waals surface area (Å²) in [5.41, 5.74) is 1.16. The molecule has 9 heteroatoms. The van der Waals surface area contributed by atoms with E-state index in [1.54, 1.807) is 0 Å². The summed E-state index contributed by atoms with van der Waals surface area (Å²) in [4.78, 5) is 15.1. The Morgan fingerprint density at radius 1 is 1.13 bits per heavy atom. The Hall–Kier alpha value is -1.87. The van der Waals surface area contributed by atoms with Gasteiger partial charge in [-0.2, -0.15) is 0 Å². The summed E-state index contributed by atoms with van der Waals surface area (Å²) in [5.74, 6) is 1.41. The molecule has 0 unspecified atom stereocenters. The normalized spacial score (nSPS) is 21.2. The van der Waals surface area contributed by atoms with Crippen LogP contribution in [-0.4, -0.2) is 63.3 Å². The molecule has 1 aromatic carbocycles. The van der Waals surface area contributed by atoms with Crippen LogP contribution in [0.2, 0.25) is 0 Å². The number of hydrogen-bond acceptors (Lipinski definition) is 6. The highest BCUT2D eigenvalue weighted by Gasteiger charge is 2.38. The summed E-state index contributed by atoms with van der Waals surface area (Å²) in [7, 11) is -1.11. The lowest BCUT2D eigenvalue weighted by molar-refractivity contribution is -0.132. The van der Waals surface area contributed by atoms with Gasteiger partial charge in [-0.1, -0.05) is 54.9 Å². The van der Waals surface area contributed by atoms with Crippen molar-refractivity contribution in [3.8, 4) is 0 Å². The molecule has 1 saturated heterocycles. The molecule has 1 saturated carbocycles. The maximum Gasteiger partial charge on any atom is 0.233 e. The smallest absolute Gasteiger partial charge is 0.233 e. The monoisotopic (exact) mass is 448 g/mol. The summed E-state index contributed by atoms with van der Waals surface area (Å²) in [6, 6.07) is 10.1. The predicted octanol–water partition coefficient (Wildman–Crippen LogP) is 2.46. The van der Waals surface area contributed by atoms with Crippen LogP contribution >= 0.6 is 11.8 Å². The molecule has 4 rings (SSSR count). The van der Waals surface area contributed by atoms with Crippen LogP contribution in [0.5, 0.6) is 0 Å². The Morgan fingerprint density at radius 2 is 1.87 bits per heavy atom. The van der Waals surface area contributed by atoms with Crippen molar-refractivity contribution in [3.05, 3.63) is 41.7 Å². The third-order valence-corrected chi connectivity index (χ3v) is 8.82. The van der Waals surface area contributed by atoms with Crippen LogP contribution in [0.3, 0.4) is 0 Å². The highest BCUT2D eigenvalue weighted by molar-refractivity contribution is 7.99. The van der Waals surface area contributed by atoms with Crippen molar-refractivity contribution in [2.75, 3.05) is 17.3 Å². The van der Waals surface area contributed by atoms with Gasteiger partial charge in [0.05, 0.1) is 17.3 Å². The van der Waals surface area contributed by atoms with Crippen LogP contribution in [0.15, 0.2) is 35.5 Å². The van der Waals surface area contributed by atoms with E-state index in [9.17, 15) is 13.2 Å². The lowest BCUT2D eigenvalue weighted by atomic mass is 10.1. The molecule has 30 heavy (non-hydrogen) atoms. The number of sulfone groups is 1. The molecular formula is C21H28N4O3S2. The number of hydrogen-bond donors (Lipinski definition) is 0. The number of carbonyl (C=O) groups excluding carboxylic acids is 1. The Morgan fingerprint density at radius 3 is 2.53 bits per heavy atom. The molecule has 7 nitrogen and oxygen atoms in total. The number of thioether (sulfide) groups is 1. The van der Waals surface area contributed by atoms with Crippen LogP contribution in [0.4, 0.5) is 0 Å². The minimum Gasteiger partial charge on any atom is -0.335 e. The van der Waals surface area contributed by atoms with Crippen molar-refractivity contribution in [1.29, 1.82) is 0 Å². The SMILES string of the molecule is Cn1c(Cc2ccccc2)nnc1SCC(=O)N(C1CCCC1)[C@H]1CCS(=O)(=O)C1. The maximum absolute atomic E-state index is 13.2. The number of nitrogens with zero attached hydrogens (tertiary/aromatic N) is 4. The molecule has 2 aromatic rings. The van der Waals surface area contributed by atoms with Gasteiger partial charge in [-0.05, 0) is 24.8 Å². The van der Waals surface area contributed by atoms with E-state index in [1.807, 2.05) is 34.7 Å². The molecule has 2 fully saturated rings. The minimum atomic E-state index is -3.03. The van der Waals surface area contributed by atoms with Crippen LogP contribution in [0.25, 0.3) is 0 Å². The molecule has 1 atom stereocenters. The molecule has 2 heterocycles. The maximum atomic E-state index is 13.2. The van der Waals surface area contributed by atoms with E-state index in [-0.39, 0.29) is 35.2 Å². The average molecular weight is 449 g/mol. The first-order chi connectivity index (χ1) is 14.4. The molecule has 162 valence electrons. The number of carbonyl (C=O) groups is 1. The van der Waals surface area contributed by atoms with Gasteiger partial charge in [-0.15, -0.1) is 10.2 Å². The van der Waals surface area contributed by atoms with Crippen molar-refractivity contribution >= 4 is 27.5 Å². The highest BCUT2D eigenvalue weighted by atomic mass is 32.2. The topological polar surface area (TPSA) is 85.2 Å². The van der Waals surface area contributed by atoms with E-state index >= 15 is 0 Å². The molecular weight excluding hydrogens is 420 g/mol. The lowest BCUT2D eigenvalue weighted by Crippen LogP contribution is -2.47.